The van der Waals surface area contributed by atoms with Gasteiger partial charge in [0.05, 0.1) is 26.4 Å². The first kappa shape index (κ1) is 86.1. The first-order valence-corrected chi connectivity index (χ1v) is 39.0. The second-order valence-electron chi connectivity index (χ2n) is 25.6. The molecule has 3 unspecified atom stereocenters. The summed E-state index contributed by atoms with van der Waals surface area (Å²) in [5, 5.41) is 10.6. The van der Waals surface area contributed by atoms with Crippen molar-refractivity contribution in [3.05, 3.63) is 0 Å². The zero-order chi connectivity index (χ0) is 65.0. The van der Waals surface area contributed by atoms with E-state index in [1.807, 2.05) is 0 Å². The van der Waals surface area contributed by atoms with Gasteiger partial charge in [-0.05, 0) is 37.5 Å². The van der Waals surface area contributed by atoms with Gasteiger partial charge in [0.1, 0.15) is 19.3 Å². The minimum atomic E-state index is -4.95. The van der Waals surface area contributed by atoms with Crippen molar-refractivity contribution < 1.29 is 80.2 Å². The van der Waals surface area contributed by atoms with Crippen LogP contribution in [0.4, 0.5) is 0 Å². The number of carbonyl (C=O) groups excluding carboxylic acids is 4. The lowest BCUT2D eigenvalue weighted by Gasteiger charge is -2.21. The summed E-state index contributed by atoms with van der Waals surface area (Å²) in [5.41, 5.74) is 0. The molecule has 0 aliphatic heterocycles. The van der Waals surface area contributed by atoms with Crippen LogP contribution >= 0.6 is 15.6 Å². The molecule has 17 nitrogen and oxygen atoms in total. The number of carbonyl (C=O) groups is 4. The normalized spacial score (nSPS) is 14.5. The summed E-state index contributed by atoms with van der Waals surface area (Å²) in [5.74, 6) is -0.533. The number of hydrogen-bond acceptors (Lipinski definition) is 15. The maximum atomic E-state index is 13.0. The highest BCUT2D eigenvalue weighted by atomic mass is 31.2. The molecular formula is C69H134O17P2. The lowest BCUT2D eigenvalue weighted by atomic mass is 9.99. The molecule has 0 saturated heterocycles. The highest BCUT2D eigenvalue weighted by Gasteiger charge is 2.30. The number of rotatable bonds is 68. The fourth-order valence-electron chi connectivity index (χ4n) is 10.4. The van der Waals surface area contributed by atoms with Crippen molar-refractivity contribution in [1.82, 2.24) is 0 Å². The molecular weight excluding hydrogens is 1160 g/mol. The molecule has 0 spiro atoms. The Morgan fingerprint density at radius 2 is 0.580 bits per heavy atom. The van der Waals surface area contributed by atoms with Crippen molar-refractivity contribution in [2.75, 3.05) is 39.6 Å². The maximum absolute atomic E-state index is 13.0. The predicted molar refractivity (Wildman–Crippen MR) is 354 cm³/mol. The van der Waals surface area contributed by atoms with Crippen LogP contribution in [-0.4, -0.2) is 96.7 Å². The number of esters is 4. The molecule has 0 aliphatic carbocycles. The van der Waals surface area contributed by atoms with Crippen molar-refractivity contribution in [2.45, 2.75) is 368 Å². The summed E-state index contributed by atoms with van der Waals surface area (Å²) in [7, 11) is -9.89. The van der Waals surface area contributed by atoms with Gasteiger partial charge in [-0.2, -0.15) is 0 Å². The van der Waals surface area contributed by atoms with Crippen molar-refractivity contribution in [2.24, 2.45) is 11.8 Å². The summed E-state index contributed by atoms with van der Waals surface area (Å²) in [6.07, 6.45) is 45.8. The van der Waals surface area contributed by atoms with E-state index in [4.69, 9.17) is 37.0 Å². The molecule has 0 aromatic heterocycles. The van der Waals surface area contributed by atoms with E-state index < -0.39 is 97.5 Å². The number of ether oxygens (including phenoxy) is 4. The van der Waals surface area contributed by atoms with Crippen molar-refractivity contribution >= 4 is 39.5 Å². The van der Waals surface area contributed by atoms with Gasteiger partial charge in [-0.15, -0.1) is 0 Å². The maximum Gasteiger partial charge on any atom is 0.472 e. The Morgan fingerprint density at radius 1 is 0.330 bits per heavy atom. The third kappa shape index (κ3) is 61.6. The average molecular weight is 1300 g/mol. The van der Waals surface area contributed by atoms with Gasteiger partial charge in [-0.3, -0.25) is 37.3 Å². The highest BCUT2D eigenvalue weighted by Crippen LogP contribution is 2.45. The van der Waals surface area contributed by atoms with Gasteiger partial charge in [0, 0.05) is 25.7 Å². The van der Waals surface area contributed by atoms with Crippen LogP contribution in [0.15, 0.2) is 0 Å². The van der Waals surface area contributed by atoms with E-state index in [0.717, 1.165) is 115 Å². The van der Waals surface area contributed by atoms with Gasteiger partial charge in [0.2, 0.25) is 0 Å². The molecule has 0 aromatic carbocycles. The minimum Gasteiger partial charge on any atom is -0.462 e. The summed E-state index contributed by atoms with van der Waals surface area (Å²) < 4.78 is 68.1. The smallest absolute Gasteiger partial charge is 0.462 e. The largest absolute Gasteiger partial charge is 0.472 e. The van der Waals surface area contributed by atoms with E-state index in [1.165, 1.54) is 154 Å². The van der Waals surface area contributed by atoms with Crippen molar-refractivity contribution in [3.63, 3.8) is 0 Å². The van der Waals surface area contributed by atoms with Gasteiger partial charge < -0.3 is 33.8 Å². The lowest BCUT2D eigenvalue weighted by molar-refractivity contribution is -0.161. The fraction of sp³-hybridized carbons (Fsp3) is 0.942. The number of unbranched alkanes of at least 4 members (excludes halogenated alkanes) is 37. The third-order valence-corrected chi connectivity index (χ3v) is 18.2. The van der Waals surface area contributed by atoms with E-state index >= 15 is 0 Å². The Balaban J connectivity index is 5.21. The summed E-state index contributed by atoms with van der Waals surface area (Å²) in [6, 6.07) is 0. The van der Waals surface area contributed by atoms with Crippen molar-refractivity contribution in [1.29, 1.82) is 0 Å². The molecule has 0 bridgehead atoms. The molecule has 0 aliphatic rings. The van der Waals surface area contributed by atoms with Crippen LogP contribution in [0.2, 0.25) is 0 Å². The van der Waals surface area contributed by atoms with Crippen LogP contribution < -0.4 is 0 Å². The van der Waals surface area contributed by atoms with Crippen molar-refractivity contribution in [3.8, 4) is 0 Å². The SMILES string of the molecule is CCCCCCCCCCCCCC(=O)O[C@H](COC(=O)CCCCCCCCC)COP(=O)(O)OC[C@H](O)COP(=O)(O)OC[C@@H](COC(=O)CCCCCCCCCCCCC(C)CC)OC(=O)CCCCCCCCCCCCCCCC(C)C. The van der Waals surface area contributed by atoms with E-state index in [-0.39, 0.29) is 25.7 Å². The molecule has 88 heavy (non-hydrogen) atoms. The summed E-state index contributed by atoms with van der Waals surface area (Å²) in [6.45, 7) is 9.54. The van der Waals surface area contributed by atoms with E-state index in [9.17, 15) is 43.2 Å². The molecule has 0 radical (unpaired) electrons. The Bertz CT molecular complexity index is 1720. The average Bonchev–Trinajstić information content (AvgIpc) is 3.71. The number of phosphoric ester groups is 2. The number of phosphoric acid groups is 2. The Kier molecular flexibility index (Phi) is 59.9. The molecule has 0 rings (SSSR count). The van der Waals surface area contributed by atoms with Gasteiger partial charge in [0.15, 0.2) is 12.2 Å². The van der Waals surface area contributed by atoms with E-state index in [0.29, 0.717) is 25.7 Å². The first-order valence-electron chi connectivity index (χ1n) is 36.0. The van der Waals surface area contributed by atoms with Gasteiger partial charge >= 0.3 is 39.5 Å². The summed E-state index contributed by atoms with van der Waals surface area (Å²) >= 11 is 0. The minimum absolute atomic E-state index is 0.106. The lowest BCUT2D eigenvalue weighted by Crippen LogP contribution is -2.30. The summed E-state index contributed by atoms with van der Waals surface area (Å²) in [4.78, 5) is 72.4. The van der Waals surface area contributed by atoms with Gasteiger partial charge in [-0.1, -0.05) is 298 Å². The molecule has 0 fully saturated rings. The van der Waals surface area contributed by atoms with Crippen LogP contribution in [0.3, 0.4) is 0 Å². The number of aliphatic hydroxyl groups excluding tert-OH is 1. The number of aliphatic hydroxyl groups is 1. The third-order valence-electron chi connectivity index (χ3n) is 16.3. The molecule has 3 N–H and O–H groups in total. The zero-order valence-electron chi connectivity index (χ0n) is 57.0. The molecule has 0 aromatic rings. The molecule has 0 heterocycles. The fourth-order valence-corrected chi connectivity index (χ4v) is 12.0. The molecule has 19 heteroatoms. The van der Waals surface area contributed by atoms with Crippen LogP contribution in [0.25, 0.3) is 0 Å². The molecule has 0 saturated carbocycles. The standard InChI is InChI=1S/C69H134O17P2/c1-7-10-12-14-16-17-21-29-35-41-47-53-68(73)85-64(57-79-66(71)51-45-39-31-15-13-11-8-2)59-83-87(75,76)81-55-63(70)56-82-88(77,78)84-60-65(58-80-67(72)52-46-40-34-28-25-24-27-33-38-44-50-62(6)9-3)86-69(74)54-48-42-36-30-23-20-18-19-22-26-32-37-43-49-61(4)5/h61-65,70H,7-60H2,1-6H3,(H,75,76)(H,77,78)/t62?,63-,64+,65+/m0/s1. The van der Waals surface area contributed by atoms with Gasteiger partial charge in [-0.25, -0.2) is 9.13 Å². The van der Waals surface area contributed by atoms with E-state index in [2.05, 4.69) is 41.5 Å². The van der Waals surface area contributed by atoms with Crippen LogP contribution in [-0.2, 0) is 65.4 Å². The zero-order valence-corrected chi connectivity index (χ0v) is 58.8. The first-order chi connectivity index (χ1) is 42.4. The second kappa shape index (κ2) is 61.3. The topological polar surface area (TPSA) is 237 Å². The number of hydrogen-bond donors (Lipinski definition) is 3. The highest BCUT2D eigenvalue weighted by molar-refractivity contribution is 7.47. The molecule has 0 amide bonds. The van der Waals surface area contributed by atoms with Crippen LogP contribution in [0, 0.1) is 11.8 Å². The molecule has 6 atom stereocenters. The Hall–Kier alpha value is -1.94. The van der Waals surface area contributed by atoms with Crippen LogP contribution in [0.1, 0.15) is 350 Å². The monoisotopic (exact) mass is 1300 g/mol. The Morgan fingerprint density at radius 3 is 0.864 bits per heavy atom. The van der Waals surface area contributed by atoms with E-state index in [1.54, 1.807) is 0 Å². The second-order valence-corrected chi connectivity index (χ2v) is 28.5. The predicted octanol–water partition coefficient (Wildman–Crippen LogP) is 19.6. The Labute approximate surface area is 537 Å². The molecule has 522 valence electrons. The van der Waals surface area contributed by atoms with Gasteiger partial charge in [0.25, 0.3) is 0 Å². The van der Waals surface area contributed by atoms with Crippen LogP contribution in [0.5, 0.6) is 0 Å². The quantitative estimate of drug-likeness (QED) is 0.0222.